The second kappa shape index (κ2) is 6.57. The lowest BCUT2D eigenvalue weighted by molar-refractivity contribution is 0.373. The Hall–Kier alpha value is -2.10. The predicted octanol–water partition coefficient (Wildman–Crippen LogP) is 3.65. The normalized spacial score (nSPS) is 16.7. The Morgan fingerprint density at radius 3 is 2.96 bits per heavy atom. The molecule has 2 heterocycles. The molecule has 0 radical (unpaired) electrons. The van der Waals surface area contributed by atoms with Crippen molar-refractivity contribution in [2.45, 2.75) is 12.3 Å². The average Bonchev–Trinajstić information content (AvgIpc) is 2.96. The Bertz CT molecular complexity index is 809. The van der Waals surface area contributed by atoms with Crippen LogP contribution in [0.15, 0.2) is 35.7 Å². The summed E-state index contributed by atoms with van der Waals surface area (Å²) in [5.41, 5.74) is 8.79. The first kappa shape index (κ1) is 15.8. The van der Waals surface area contributed by atoms with E-state index in [9.17, 15) is 5.26 Å². The number of rotatable bonds is 4. The highest BCUT2D eigenvalue weighted by molar-refractivity contribution is 7.98. The van der Waals surface area contributed by atoms with Crippen LogP contribution in [-0.4, -0.2) is 22.2 Å². The molecule has 2 aromatic rings. The third-order valence-corrected chi connectivity index (χ3v) is 4.79. The van der Waals surface area contributed by atoms with E-state index in [1.165, 1.54) is 0 Å². The van der Waals surface area contributed by atoms with Crippen molar-refractivity contribution in [1.82, 2.24) is 10.2 Å². The molecule has 0 spiro atoms. The van der Waals surface area contributed by atoms with Gasteiger partial charge in [-0.15, -0.1) is 5.10 Å². The molecule has 1 atom stereocenters. The lowest BCUT2D eigenvalue weighted by Crippen LogP contribution is -2.20. The fourth-order valence-corrected chi connectivity index (χ4v) is 3.44. The molecule has 23 heavy (non-hydrogen) atoms. The minimum absolute atomic E-state index is 0.128. The molecular formula is C16H15ClN4OS. The molecule has 1 aromatic carbocycles. The van der Waals surface area contributed by atoms with Crippen LogP contribution in [0.5, 0.6) is 5.88 Å². The summed E-state index contributed by atoms with van der Waals surface area (Å²) in [4.78, 5) is 0. The third-order valence-electron chi connectivity index (χ3n) is 3.81. The van der Waals surface area contributed by atoms with Crippen molar-refractivity contribution in [3.05, 3.63) is 46.3 Å². The molecule has 7 heteroatoms. The van der Waals surface area contributed by atoms with Crippen molar-refractivity contribution in [2.75, 3.05) is 12.0 Å². The molecule has 5 nitrogen and oxygen atoms in total. The molecule has 3 rings (SSSR count). The maximum Gasteiger partial charge on any atom is 0.244 e. The van der Waals surface area contributed by atoms with Crippen molar-refractivity contribution in [2.24, 2.45) is 5.73 Å². The minimum atomic E-state index is -0.152. The second-order valence-corrected chi connectivity index (χ2v) is 6.52. The number of aromatic amines is 1. The van der Waals surface area contributed by atoms with Crippen LogP contribution in [0.2, 0.25) is 5.02 Å². The predicted molar refractivity (Wildman–Crippen MR) is 92.2 cm³/mol. The number of hydrogen-bond acceptors (Lipinski definition) is 5. The average molecular weight is 347 g/mol. The van der Waals surface area contributed by atoms with Gasteiger partial charge in [-0.1, -0.05) is 29.8 Å². The fourth-order valence-electron chi connectivity index (χ4n) is 2.74. The molecule has 0 saturated carbocycles. The number of ether oxygens (including phenoxy) is 1. The quantitative estimate of drug-likeness (QED) is 0.882. The Kier molecular flexibility index (Phi) is 4.51. The lowest BCUT2D eigenvalue weighted by atomic mass is 9.86. The van der Waals surface area contributed by atoms with Gasteiger partial charge in [0, 0.05) is 16.5 Å². The molecule has 0 saturated heterocycles. The third kappa shape index (κ3) is 2.78. The number of nitriles is 1. The van der Waals surface area contributed by atoms with E-state index in [0.29, 0.717) is 16.5 Å². The maximum absolute atomic E-state index is 9.48. The van der Waals surface area contributed by atoms with Crippen LogP contribution in [0.4, 0.5) is 0 Å². The van der Waals surface area contributed by atoms with E-state index in [2.05, 4.69) is 16.3 Å². The summed E-state index contributed by atoms with van der Waals surface area (Å²) < 4.78 is 5.53. The van der Waals surface area contributed by atoms with Gasteiger partial charge in [-0.05, 0) is 24.5 Å². The van der Waals surface area contributed by atoms with Gasteiger partial charge in [0.15, 0.2) is 0 Å². The van der Waals surface area contributed by atoms with Crippen LogP contribution in [0, 0.1) is 11.3 Å². The van der Waals surface area contributed by atoms with Gasteiger partial charge in [0.1, 0.15) is 6.07 Å². The molecule has 1 aliphatic heterocycles. The maximum atomic E-state index is 9.48. The first-order chi connectivity index (χ1) is 11.2. The number of allylic oxidation sites excluding steroid dienone is 1. The molecule has 0 bridgehead atoms. The molecule has 0 amide bonds. The number of nitrogens with two attached hydrogens (primary N) is 1. The second-order valence-electron chi connectivity index (χ2n) is 5.12. The van der Waals surface area contributed by atoms with E-state index in [-0.39, 0.29) is 11.8 Å². The lowest BCUT2D eigenvalue weighted by Gasteiger charge is -2.23. The highest BCUT2D eigenvalue weighted by Crippen LogP contribution is 2.45. The standard InChI is InChI=1S/C16H15ClN4OS/c1-23-7-6-9-11(8-18)15(19)22-16-13(9)14(20-21-16)10-4-2-3-5-12(10)17/h2-5,9H,6-7,19H2,1H3,(H,20,21)/t9-/m0/s1. The van der Waals surface area contributed by atoms with Gasteiger partial charge in [0.05, 0.1) is 16.8 Å². The number of hydrogen-bond donors (Lipinski definition) is 2. The number of aromatic nitrogens is 2. The molecular weight excluding hydrogens is 332 g/mol. The topological polar surface area (TPSA) is 87.7 Å². The SMILES string of the molecule is CSCC[C@H]1C(C#N)=C(N)Oc2n[nH]c(-c3ccccc3Cl)c21. The van der Waals surface area contributed by atoms with Gasteiger partial charge in [-0.3, -0.25) is 5.10 Å². The summed E-state index contributed by atoms with van der Waals surface area (Å²) in [6, 6.07) is 9.69. The van der Waals surface area contributed by atoms with Gasteiger partial charge < -0.3 is 10.5 Å². The van der Waals surface area contributed by atoms with Crippen molar-refractivity contribution in [3.63, 3.8) is 0 Å². The van der Waals surface area contributed by atoms with Crippen molar-refractivity contribution in [1.29, 1.82) is 5.26 Å². The van der Waals surface area contributed by atoms with Crippen LogP contribution < -0.4 is 10.5 Å². The van der Waals surface area contributed by atoms with Gasteiger partial charge in [-0.2, -0.15) is 17.0 Å². The smallest absolute Gasteiger partial charge is 0.244 e. The monoisotopic (exact) mass is 346 g/mol. The number of H-pyrrole nitrogens is 1. The molecule has 0 aliphatic carbocycles. The highest BCUT2D eigenvalue weighted by Gasteiger charge is 2.34. The Morgan fingerprint density at radius 2 is 2.26 bits per heavy atom. The van der Waals surface area contributed by atoms with Crippen LogP contribution >= 0.6 is 23.4 Å². The summed E-state index contributed by atoms with van der Waals surface area (Å²) >= 11 is 8.04. The molecule has 118 valence electrons. The van der Waals surface area contributed by atoms with Gasteiger partial charge in [0.2, 0.25) is 11.8 Å². The van der Waals surface area contributed by atoms with E-state index in [1.807, 2.05) is 30.5 Å². The number of thioether (sulfide) groups is 1. The Morgan fingerprint density at radius 1 is 1.48 bits per heavy atom. The van der Waals surface area contributed by atoms with Gasteiger partial charge >= 0.3 is 0 Å². The molecule has 0 fully saturated rings. The van der Waals surface area contributed by atoms with Crippen LogP contribution in [0.1, 0.15) is 17.9 Å². The van der Waals surface area contributed by atoms with Gasteiger partial charge in [0.25, 0.3) is 0 Å². The summed E-state index contributed by atoms with van der Waals surface area (Å²) in [6.07, 6.45) is 2.81. The summed E-state index contributed by atoms with van der Waals surface area (Å²) in [7, 11) is 0. The summed E-state index contributed by atoms with van der Waals surface area (Å²) in [5, 5.41) is 17.3. The molecule has 1 aliphatic rings. The largest absolute Gasteiger partial charge is 0.420 e. The van der Waals surface area contributed by atoms with Crippen molar-refractivity contribution < 1.29 is 4.74 Å². The van der Waals surface area contributed by atoms with E-state index in [0.717, 1.165) is 29.0 Å². The van der Waals surface area contributed by atoms with Crippen molar-refractivity contribution >= 4 is 23.4 Å². The van der Waals surface area contributed by atoms with Crippen LogP contribution in [0.25, 0.3) is 11.3 Å². The molecule has 0 unspecified atom stereocenters. The van der Waals surface area contributed by atoms with Crippen molar-refractivity contribution in [3.8, 4) is 23.2 Å². The molecule has 3 N–H and O–H groups in total. The first-order valence-electron chi connectivity index (χ1n) is 7.07. The number of halogens is 1. The van der Waals surface area contributed by atoms with E-state index in [1.54, 1.807) is 11.8 Å². The summed E-state index contributed by atoms with van der Waals surface area (Å²) in [6.45, 7) is 0. The molecule has 1 aromatic heterocycles. The Balaban J connectivity index is 2.14. The van der Waals surface area contributed by atoms with Crippen LogP contribution in [0.3, 0.4) is 0 Å². The number of fused-ring (bicyclic) bond motifs is 1. The summed E-state index contributed by atoms with van der Waals surface area (Å²) in [5.74, 6) is 1.29. The van der Waals surface area contributed by atoms with E-state index < -0.39 is 0 Å². The zero-order valence-electron chi connectivity index (χ0n) is 12.5. The first-order valence-corrected chi connectivity index (χ1v) is 8.84. The number of nitrogens with zero attached hydrogens (tertiary/aromatic N) is 2. The van der Waals surface area contributed by atoms with Crippen LogP contribution in [-0.2, 0) is 0 Å². The number of nitrogens with one attached hydrogen (secondary N) is 1. The van der Waals surface area contributed by atoms with Gasteiger partial charge in [-0.25, -0.2) is 0 Å². The van der Waals surface area contributed by atoms with E-state index >= 15 is 0 Å². The zero-order valence-corrected chi connectivity index (χ0v) is 14.0. The number of benzene rings is 1. The fraction of sp³-hybridized carbons (Fsp3) is 0.250. The minimum Gasteiger partial charge on any atom is -0.420 e. The Labute approximate surface area is 143 Å². The van der Waals surface area contributed by atoms with E-state index in [4.69, 9.17) is 22.1 Å². The zero-order chi connectivity index (χ0) is 16.4. The highest BCUT2D eigenvalue weighted by atomic mass is 35.5.